The van der Waals surface area contributed by atoms with Crippen LogP contribution in [0, 0.1) is 0 Å². The molecule has 4 rings (SSSR count). The lowest BCUT2D eigenvalue weighted by atomic mass is 10.0. The van der Waals surface area contributed by atoms with E-state index in [1.807, 2.05) is 65.2 Å². The van der Waals surface area contributed by atoms with Gasteiger partial charge < -0.3 is 4.74 Å². The Bertz CT molecular complexity index is 1380. The van der Waals surface area contributed by atoms with Gasteiger partial charge in [0, 0.05) is 23.6 Å². The molecule has 0 aliphatic carbocycles. The smallest absolute Gasteiger partial charge is 0.358 e. The Labute approximate surface area is 187 Å². The first-order valence-corrected chi connectivity index (χ1v) is 12.0. The maximum Gasteiger partial charge on any atom is 0.358 e. The zero-order valence-corrected chi connectivity index (χ0v) is 18.5. The number of carbonyl (C=O) groups excluding carboxylic acids is 1. The summed E-state index contributed by atoms with van der Waals surface area (Å²) < 4.78 is 31.2. The number of imidazole rings is 1. The van der Waals surface area contributed by atoms with E-state index in [2.05, 4.69) is 4.98 Å². The van der Waals surface area contributed by atoms with Crippen molar-refractivity contribution in [1.82, 2.24) is 9.55 Å². The summed E-state index contributed by atoms with van der Waals surface area (Å²) in [6.45, 7) is 2.00. The van der Waals surface area contributed by atoms with Crippen LogP contribution in [0.3, 0.4) is 0 Å². The molecule has 1 aromatic heterocycles. The molecule has 7 heteroatoms. The van der Waals surface area contributed by atoms with Gasteiger partial charge in [-0.1, -0.05) is 60.7 Å². The monoisotopic (exact) mass is 446 g/mol. The van der Waals surface area contributed by atoms with Crippen molar-refractivity contribution in [3.05, 3.63) is 90.8 Å². The highest BCUT2D eigenvalue weighted by Crippen LogP contribution is 2.32. The summed E-state index contributed by atoms with van der Waals surface area (Å²) in [5, 5.41) is 0. The number of rotatable bonds is 6. The van der Waals surface area contributed by atoms with Crippen LogP contribution in [-0.4, -0.2) is 36.8 Å². The molecule has 0 N–H and O–H groups in total. The SMILES string of the molecule is CCOC(=O)c1cn(-c2ccccc2-c2cccc(S(C)(=O)=O)c2)c(-c2ccccc2)n1. The highest BCUT2D eigenvalue weighted by atomic mass is 32.2. The molecule has 0 amide bonds. The van der Waals surface area contributed by atoms with Crippen LogP contribution in [0.4, 0.5) is 0 Å². The third-order valence-corrected chi connectivity index (χ3v) is 6.07. The van der Waals surface area contributed by atoms with Crippen molar-refractivity contribution in [2.75, 3.05) is 12.9 Å². The average molecular weight is 447 g/mol. The average Bonchev–Trinajstić information content (AvgIpc) is 3.25. The van der Waals surface area contributed by atoms with Crippen molar-refractivity contribution in [3.8, 4) is 28.2 Å². The minimum absolute atomic E-state index is 0.199. The lowest BCUT2D eigenvalue weighted by molar-refractivity contribution is 0.0520. The Morgan fingerprint density at radius 3 is 2.34 bits per heavy atom. The summed E-state index contributed by atoms with van der Waals surface area (Å²) in [7, 11) is -3.36. The Hall–Kier alpha value is -3.71. The van der Waals surface area contributed by atoms with Crippen LogP contribution < -0.4 is 0 Å². The zero-order valence-electron chi connectivity index (χ0n) is 17.7. The van der Waals surface area contributed by atoms with Crippen LogP contribution in [-0.2, 0) is 14.6 Å². The predicted octanol–water partition coefficient (Wildman–Crippen LogP) is 4.79. The summed E-state index contributed by atoms with van der Waals surface area (Å²) in [5.74, 6) is 0.0837. The number of nitrogens with zero attached hydrogens (tertiary/aromatic N) is 2. The molecule has 0 fully saturated rings. The molecule has 1 heterocycles. The molecule has 0 saturated heterocycles. The van der Waals surface area contributed by atoms with Gasteiger partial charge in [-0.25, -0.2) is 18.2 Å². The molecule has 0 spiro atoms. The van der Waals surface area contributed by atoms with E-state index in [9.17, 15) is 13.2 Å². The van der Waals surface area contributed by atoms with E-state index < -0.39 is 15.8 Å². The molecule has 0 radical (unpaired) electrons. The van der Waals surface area contributed by atoms with E-state index >= 15 is 0 Å². The van der Waals surface area contributed by atoms with Gasteiger partial charge in [0.2, 0.25) is 0 Å². The van der Waals surface area contributed by atoms with Crippen molar-refractivity contribution >= 4 is 15.8 Å². The number of sulfone groups is 1. The molecule has 162 valence electrons. The first-order chi connectivity index (χ1) is 15.4. The van der Waals surface area contributed by atoms with E-state index in [1.165, 1.54) is 6.26 Å². The van der Waals surface area contributed by atoms with Crippen LogP contribution in [0.1, 0.15) is 17.4 Å². The van der Waals surface area contributed by atoms with Gasteiger partial charge in [-0.3, -0.25) is 4.57 Å². The molecular formula is C25H22N2O4S. The van der Waals surface area contributed by atoms with Crippen molar-refractivity contribution in [2.24, 2.45) is 0 Å². The van der Waals surface area contributed by atoms with Crippen LogP contribution in [0.15, 0.2) is 90.0 Å². The number of para-hydroxylation sites is 1. The van der Waals surface area contributed by atoms with E-state index in [-0.39, 0.29) is 17.2 Å². The quantitative estimate of drug-likeness (QED) is 0.398. The molecule has 0 aliphatic heterocycles. The first-order valence-electron chi connectivity index (χ1n) is 10.1. The van der Waals surface area contributed by atoms with Gasteiger partial charge in [0.1, 0.15) is 5.82 Å². The standard InChI is InChI=1S/C25H22N2O4S/c1-3-31-25(28)22-17-27(24(26-22)18-10-5-4-6-11-18)23-15-8-7-14-21(23)19-12-9-13-20(16-19)32(2,29)30/h4-17H,3H2,1-2H3. The van der Waals surface area contributed by atoms with Gasteiger partial charge in [0.25, 0.3) is 0 Å². The van der Waals surface area contributed by atoms with Gasteiger partial charge in [0.05, 0.1) is 17.2 Å². The fourth-order valence-electron chi connectivity index (χ4n) is 3.48. The highest BCUT2D eigenvalue weighted by molar-refractivity contribution is 7.90. The molecule has 0 unspecified atom stereocenters. The van der Waals surface area contributed by atoms with Crippen LogP contribution >= 0.6 is 0 Å². The van der Waals surface area contributed by atoms with E-state index in [0.717, 1.165) is 22.4 Å². The first kappa shape index (κ1) is 21.5. The van der Waals surface area contributed by atoms with Crippen LogP contribution in [0.2, 0.25) is 0 Å². The summed E-state index contributed by atoms with van der Waals surface area (Å²) in [4.78, 5) is 17.2. The van der Waals surface area contributed by atoms with Crippen molar-refractivity contribution in [3.63, 3.8) is 0 Å². The number of ether oxygens (including phenoxy) is 1. The van der Waals surface area contributed by atoms with Crippen molar-refractivity contribution in [1.29, 1.82) is 0 Å². The number of benzene rings is 3. The van der Waals surface area contributed by atoms with E-state index in [1.54, 1.807) is 31.3 Å². The minimum atomic E-state index is -3.36. The third-order valence-electron chi connectivity index (χ3n) is 4.96. The number of esters is 1. The van der Waals surface area contributed by atoms with Gasteiger partial charge >= 0.3 is 5.97 Å². The lowest BCUT2D eigenvalue weighted by Gasteiger charge is -2.14. The number of aromatic nitrogens is 2. The van der Waals surface area contributed by atoms with Gasteiger partial charge in [-0.05, 0) is 30.7 Å². The second-order valence-electron chi connectivity index (χ2n) is 7.22. The third kappa shape index (κ3) is 4.33. The second-order valence-corrected chi connectivity index (χ2v) is 9.24. The topological polar surface area (TPSA) is 78.3 Å². The van der Waals surface area contributed by atoms with Crippen LogP contribution in [0.5, 0.6) is 0 Å². The van der Waals surface area contributed by atoms with Gasteiger partial charge in [-0.2, -0.15) is 0 Å². The largest absolute Gasteiger partial charge is 0.461 e. The summed E-state index contributed by atoms with van der Waals surface area (Å²) in [6.07, 6.45) is 2.84. The Balaban J connectivity index is 1.93. The maximum atomic E-state index is 12.4. The van der Waals surface area contributed by atoms with Gasteiger partial charge in [0.15, 0.2) is 15.5 Å². The molecule has 4 aromatic rings. The molecule has 6 nitrogen and oxygen atoms in total. The highest BCUT2D eigenvalue weighted by Gasteiger charge is 2.20. The Kier molecular flexibility index (Phi) is 5.92. The number of carbonyl (C=O) groups is 1. The van der Waals surface area contributed by atoms with Crippen molar-refractivity contribution < 1.29 is 17.9 Å². The molecule has 32 heavy (non-hydrogen) atoms. The molecule has 0 saturated carbocycles. The normalized spacial score (nSPS) is 11.3. The molecule has 3 aromatic carbocycles. The van der Waals surface area contributed by atoms with Crippen molar-refractivity contribution in [2.45, 2.75) is 11.8 Å². The number of hydrogen-bond donors (Lipinski definition) is 0. The molecule has 0 aliphatic rings. The van der Waals surface area contributed by atoms with E-state index in [0.29, 0.717) is 5.82 Å². The second kappa shape index (κ2) is 8.80. The maximum absolute atomic E-state index is 12.4. The summed E-state index contributed by atoms with van der Waals surface area (Å²) in [5.41, 5.74) is 3.35. The Morgan fingerprint density at radius 1 is 0.938 bits per heavy atom. The summed E-state index contributed by atoms with van der Waals surface area (Å²) >= 11 is 0. The van der Waals surface area contributed by atoms with Crippen LogP contribution in [0.25, 0.3) is 28.2 Å². The molecule has 0 atom stereocenters. The fourth-order valence-corrected chi connectivity index (χ4v) is 4.15. The Morgan fingerprint density at radius 2 is 1.62 bits per heavy atom. The number of hydrogen-bond acceptors (Lipinski definition) is 5. The minimum Gasteiger partial charge on any atom is -0.461 e. The van der Waals surface area contributed by atoms with E-state index in [4.69, 9.17) is 4.74 Å². The zero-order chi connectivity index (χ0) is 22.7. The lowest BCUT2D eigenvalue weighted by Crippen LogP contribution is -2.04. The fraction of sp³-hybridized carbons (Fsp3) is 0.120. The molecule has 0 bridgehead atoms. The predicted molar refractivity (Wildman–Crippen MR) is 124 cm³/mol. The molecular weight excluding hydrogens is 424 g/mol. The summed E-state index contributed by atoms with van der Waals surface area (Å²) in [6, 6.07) is 24.0. The van der Waals surface area contributed by atoms with Gasteiger partial charge in [-0.15, -0.1) is 0 Å².